The Balaban J connectivity index is 1.14. The van der Waals surface area contributed by atoms with Gasteiger partial charge in [-0.05, 0) is 196 Å². The van der Waals surface area contributed by atoms with E-state index >= 15 is 13.2 Å². The third kappa shape index (κ3) is 9.99. The van der Waals surface area contributed by atoms with Crippen molar-refractivity contribution in [1.29, 1.82) is 5.26 Å². The van der Waals surface area contributed by atoms with Crippen molar-refractivity contribution < 1.29 is 26.3 Å². The van der Waals surface area contributed by atoms with Crippen molar-refractivity contribution in [3.63, 3.8) is 0 Å². The van der Waals surface area contributed by atoms with Crippen LogP contribution < -0.4 is 0 Å². The van der Waals surface area contributed by atoms with Gasteiger partial charge in [0.15, 0.2) is 0 Å². The topological polar surface area (TPSA) is 33.6 Å². The van der Waals surface area contributed by atoms with Crippen LogP contribution in [0.1, 0.15) is 61.2 Å². The van der Waals surface area contributed by atoms with Crippen LogP contribution in [-0.2, 0) is 12.4 Å². The predicted octanol–water partition coefficient (Wildman–Crippen LogP) is 22.3. The summed E-state index contributed by atoms with van der Waals surface area (Å²) in [6, 6.07) is 66.0. The van der Waals surface area contributed by atoms with Crippen molar-refractivity contribution >= 4 is 43.6 Å². The van der Waals surface area contributed by atoms with Crippen molar-refractivity contribution in [2.24, 2.45) is 0 Å². The Kier molecular flexibility index (Phi) is 13.3. The molecule has 0 unspecified atom stereocenters. The maximum Gasteiger partial charge on any atom is 0.417 e. The molecule has 422 valence electrons. The highest BCUT2D eigenvalue weighted by Gasteiger charge is 2.39. The number of hydrogen-bond donors (Lipinski definition) is 0. The first kappa shape index (κ1) is 55.3. The van der Waals surface area contributed by atoms with E-state index in [-0.39, 0.29) is 11.6 Å². The molecule has 2 aromatic heterocycles. The SMILES string of the molecule is Cc1cc(C)cc(-c2ccc3c(c2)c2cc(-c4cc(C)cc(C)c4)ccc2n3-c2ccc(C#N)cc2-c2ccc(-c3ccc(C(F)(F)F)cc3C(F)(F)F)cc2-n2c3ccc(-c4cc(C)cc(C)c4)cc3c3cc(-c4cc(C)cc(C)c4)ccc32)c1. The Hall–Kier alpha value is -9.91. The van der Waals surface area contributed by atoms with Gasteiger partial charge in [-0.1, -0.05) is 160 Å². The van der Waals surface area contributed by atoms with Gasteiger partial charge in [0.05, 0.1) is 56.2 Å². The highest BCUT2D eigenvalue weighted by molar-refractivity contribution is 6.14. The van der Waals surface area contributed by atoms with E-state index in [4.69, 9.17) is 0 Å². The number of fused-ring (bicyclic) bond motifs is 6. The molecule has 86 heavy (non-hydrogen) atoms. The molecule has 0 aliphatic heterocycles. The number of hydrogen-bond acceptors (Lipinski definition) is 1. The third-order valence-corrected chi connectivity index (χ3v) is 16.6. The minimum atomic E-state index is -5.15. The molecule has 0 aliphatic rings. The van der Waals surface area contributed by atoms with E-state index in [0.717, 1.165) is 139 Å². The average Bonchev–Trinajstić information content (AvgIpc) is 1.64. The van der Waals surface area contributed by atoms with Crippen molar-refractivity contribution in [2.75, 3.05) is 0 Å². The Bertz CT molecular complexity index is 4720. The summed E-state index contributed by atoms with van der Waals surface area (Å²) in [5.41, 5.74) is 19.8. The standard InChI is InChI=1S/C77H57F6N3/c1-43-23-44(2)28-57(27-43)52-11-19-71-65(36-52)66-37-53(58-29-45(3)24-46(4)30-58)12-20-72(66)85(71)70-18-9-51(42-84)35-64(70)63-16-10-56(62-17-15-61(76(78,79)80)41-69(62)77(81,82)83)40-75(63)86-73-21-13-54(59-31-47(5)25-48(6)32-59)38-67(73)68-39-55(14-22-74(68)86)60-33-49(7)26-50(8)34-60/h9-41H,1-8H3. The quantitative estimate of drug-likeness (QED) is 0.140. The first-order valence-electron chi connectivity index (χ1n) is 28.5. The second-order valence-corrected chi connectivity index (χ2v) is 23.4. The van der Waals surface area contributed by atoms with Gasteiger partial charge in [0.1, 0.15) is 0 Å². The number of alkyl halides is 6. The van der Waals surface area contributed by atoms with E-state index in [0.29, 0.717) is 34.1 Å². The highest BCUT2D eigenvalue weighted by atomic mass is 19.4. The highest BCUT2D eigenvalue weighted by Crippen LogP contribution is 2.47. The fourth-order valence-corrected chi connectivity index (χ4v) is 13.2. The van der Waals surface area contributed by atoms with Gasteiger partial charge in [-0.3, -0.25) is 0 Å². The number of benzene rings is 11. The number of aryl methyl sites for hydroxylation is 8. The second kappa shape index (κ2) is 20.7. The lowest BCUT2D eigenvalue weighted by Gasteiger charge is -2.21. The van der Waals surface area contributed by atoms with Gasteiger partial charge in [-0.2, -0.15) is 31.6 Å². The summed E-state index contributed by atoms with van der Waals surface area (Å²) in [6.45, 7) is 16.6. The molecule has 0 saturated carbocycles. The first-order valence-corrected chi connectivity index (χ1v) is 28.5. The molecule has 0 amide bonds. The number of halogens is 6. The molecule has 9 heteroatoms. The van der Waals surface area contributed by atoms with Gasteiger partial charge in [-0.15, -0.1) is 0 Å². The molecule has 11 aromatic carbocycles. The summed E-state index contributed by atoms with van der Waals surface area (Å²) in [5, 5.41) is 14.5. The largest absolute Gasteiger partial charge is 0.417 e. The molecule has 2 heterocycles. The lowest BCUT2D eigenvalue weighted by Crippen LogP contribution is -2.12. The number of nitriles is 1. The summed E-state index contributed by atoms with van der Waals surface area (Å²) in [4.78, 5) is 0. The van der Waals surface area contributed by atoms with Crippen molar-refractivity contribution in [1.82, 2.24) is 9.13 Å². The zero-order valence-electron chi connectivity index (χ0n) is 48.7. The zero-order chi connectivity index (χ0) is 60.2. The van der Waals surface area contributed by atoms with Gasteiger partial charge < -0.3 is 9.13 Å². The van der Waals surface area contributed by atoms with E-state index in [9.17, 15) is 18.4 Å². The molecule has 3 nitrogen and oxygen atoms in total. The van der Waals surface area contributed by atoms with Crippen LogP contribution in [0.4, 0.5) is 26.3 Å². The number of rotatable bonds is 8. The number of nitrogens with zero attached hydrogens (tertiary/aromatic N) is 3. The zero-order valence-corrected chi connectivity index (χ0v) is 48.7. The Morgan fingerprint density at radius 1 is 0.291 bits per heavy atom. The Labute approximate surface area is 495 Å². The van der Waals surface area contributed by atoms with E-state index in [1.54, 1.807) is 24.3 Å². The van der Waals surface area contributed by atoms with Gasteiger partial charge in [0.2, 0.25) is 0 Å². The molecular formula is C77H57F6N3. The molecule has 13 aromatic rings. The molecule has 0 radical (unpaired) electrons. The molecular weight excluding hydrogens is 1080 g/mol. The van der Waals surface area contributed by atoms with Crippen molar-refractivity contribution in [2.45, 2.75) is 67.7 Å². The monoisotopic (exact) mass is 1140 g/mol. The van der Waals surface area contributed by atoms with Crippen LogP contribution in [0.5, 0.6) is 0 Å². The van der Waals surface area contributed by atoms with Crippen LogP contribution in [0.2, 0.25) is 0 Å². The van der Waals surface area contributed by atoms with Crippen molar-refractivity contribution in [3.8, 4) is 84.2 Å². The van der Waals surface area contributed by atoms with Crippen LogP contribution in [0.25, 0.3) is 122 Å². The summed E-state index contributed by atoms with van der Waals surface area (Å²) < 4.78 is 93.2. The molecule has 0 bridgehead atoms. The molecule has 0 N–H and O–H groups in total. The minimum Gasteiger partial charge on any atom is -0.309 e. The van der Waals surface area contributed by atoms with Crippen LogP contribution in [0, 0.1) is 66.7 Å². The lowest BCUT2D eigenvalue weighted by atomic mass is 9.92. The summed E-state index contributed by atoms with van der Waals surface area (Å²) in [6.07, 6.45) is -10.2. The van der Waals surface area contributed by atoms with Crippen LogP contribution in [-0.4, -0.2) is 9.13 Å². The molecule has 0 fully saturated rings. The van der Waals surface area contributed by atoms with E-state index in [2.05, 4.69) is 204 Å². The minimum absolute atomic E-state index is 0.0474. The van der Waals surface area contributed by atoms with Gasteiger partial charge >= 0.3 is 12.4 Å². The fraction of sp³-hybridized carbons (Fsp3) is 0.130. The summed E-state index contributed by atoms with van der Waals surface area (Å²) in [7, 11) is 0. The van der Waals surface area contributed by atoms with E-state index in [1.165, 1.54) is 0 Å². The van der Waals surface area contributed by atoms with Crippen molar-refractivity contribution in [3.05, 3.63) is 261 Å². The van der Waals surface area contributed by atoms with Gasteiger partial charge in [0.25, 0.3) is 0 Å². The summed E-state index contributed by atoms with van der Waals surface area (Å²) >= 11 is 0. The Morgan fingerprint density at radius 3 is 0.988 bits per heavy atom. The van der Waals surface area contributed by atoms with Crippen LogP contribution in [0.3, 0.4) is 0 Å². The maximum atomic E-state index is 15.3. The molecule has 13 rings (SSSR count). The van der Waals surface area contributed by atoms with Gasteiger partial charge in [-0.25, -0.2) is 0 Å². The number of aromatic nitrogens is 2. The van der Waals surface area contributed by atoms with E-state index < -0.39 is 29.0 Å². The summed E-state index contributed by atoms with van der Waals surface area (Å²) in [5.74, 6) is 0. The smallest absolute Gasteiger partial charge is 0.309 e. The van der Waals surface area contributed by atoms with E-state index in [1.807, 2.05) is 24.3 Å². The van der Waals surface area contributed by atoms with Gasteiger partial charge in [0, 0.05) is 32.7 Å². The molecule has 0 atom stereocenters. The molecule has 0 aliphatic carbocycles. The first-order chi connectivity index (χ1) is 41.0. The van der Waals surface area contributed by atoms with Crippen LogP contribution >= 0.6 is 0 Å². The normalized spacial score (nSPS) is 12.1. The Morgan fingerprint density at radius 2 is 0.640 bits per heavy atom. The fourth-order valence-electron chi connectivity index (χ4n) is 13.2. The maximum absolute atomic E-state index is 15.3. The average molecular weight is 1140 g/mol. The molecule has 0 saturated heterocycles. The predicted molar refractivity (Wildman–Crippen MR) is 340 cm³/mol. The van der Waals surface area contributed by atoms with Crippen LogP contribution in [0.15, 0.2) is 200 Å². The second-order valence-electron chi connectivity index (χ2n) is 23.4. The lowest BCUT2D eigenvalue weighted by molar-refractivity contribution is -0.142. The third-order valence-electron chi connectivity index (χ3n) is 16.6. The molecule has 0 spiro atoms.